The molecule has 0 atom stereocenters. The lowest BCUT2D eigenvalue weighted by Crippen LogP contribution is -2.05. The largest absolute Gasteiger partial charge is 0.497 e. The summed E-state index contributed by atoms with van der Waals surface area (Å²) < 4.78 is 24.4. The van der Waals surface area contributed by atoms with Crippen LogP contribution < -0.4 is 9.47 Å². The van der Waals surface area contributed by atoms with E-state index < -0.39 is 11.6 Å². The molecule has 0 aliphatic heterocycles. The maximum atomic E-state index is 14.0. The number of hydrogen-bond donors (Lipinski definition) is 0. The van der Waals surface area contributed by atoms with E-state index in [-0.39, 0.29) is 10.0 Å². The molecule has 0 saturated carbocycles. The average molecular weight is 339 g/mol. The number of rotatable bonds is 4. The van der Waals surface area contributed by atoms with Gasteiger partial charge in [-0.15, -0.1) is 0 Å². The van der Waals surface area contributed by atoms with Gasteiger partial charge in [0.2, 0.25) is 0 Å². The van der Waals surface area contributed by atoms with Crippen molar-refractivity contribution in [1.29, 1.82) is 0 Å². The molecular formula is C15H12BrFO3. The van der Waals surface area contributed by atoms with Crippen LogP contribution in [0.5, 0.6) is 11.5 Å². The Labute approximate surface area is 124 Å². The number of carbonyl (C=O) groups excluding carboxylic acids is 1. The lowest BCUT2D eigenvalue weighted by Gasteiger charge is -2.09. The smallest absolute Gasteiger partial charge is 0.196 e. The summed E-state index contributed by atoms with van der Waals surface area (Å²) in [6, 6.07) is 9.33. The summed E-state index contributed by atoms with van der Waals surface area (Å²) >= 11 is 3.07. The van der Waals surface area contributed by atoms with E-state index in [1.54, 1.807) is 24.3 Å². The first-order valence-corrected chi connectivity index (χ1v) is 6.58. The number of methoxy groups -OCH3 is 2. The summed E-state index contributed by atoms with van der Waals surface area (Å²) in [6.07, 6.45) is 0. The van der Waals surface area contributed by atoms with Crippen LogP contribution in [0.15, 0.2) is 40.9 Å². The van der Waals surface area contributed by atoms with Gasteiger partial charge in [-0.2, -0.15) is 0 Å². The van der Waals surface area contributed by atoms with Crippen LogP contribution in [0.1, 0.15) is 15.9 Å². The summed E-state index contributed by atoms with van der Waals surface area (Å²) in [5, 5.41) is 0. The SMILES string of the molecule is COc1cc(OC)cc(C(=O)c2cccc(Br)c2F)c1. The molecule has 0 spiro atoms. The number of ketones is 1. The van der Waals surface area contributed by atoms with Crippen molar-refractivity contribution >= 4 is 21.7 Å². The quantitative estimate of drug-likeness (QED) is 0.794. The molecule has 0 fully saturated rings. The van der Waals surface area contributed by atoms with Crippen LogP contribution >= 0.6 is 15.9 Å². The molecule has 2 aromatic rings. The number of ether oxygens (including phenoxy) is 2. The van der Waals surface area contributed by atoms with Crippen LogP contribution in [0, 0.1) is 5.82 Å². The van der Waals surface area contributed by atoms with Crippen LogP contribution in [0.25, 0.3) is 0 Å². The Morgan fingerprint density at radius 1 is 1.10 bits per heavy atom. The van der Waals surface area contributed by atoms with Gasteiger partial charge in [-0.05, 0) is 40.2 Å². The third kappa shape index (κ3) is 2.82. The van der Waals surface area contributed by atoms with Crippen LogP contribution in [-0.2, 0) is 0 Å². The van der Waals surface area contributed by atoms with Crippen LogP contribution in [0.4, 0.5) is 4.39 Å². The molecule has 0 radical (unpaired) electrons. The number of carbonyl (C=O) groups is 1. The molecule has 0 saturated heterocycles. The third-order valence-corrected chi connectivity index (χ3v) is 3.42. The molecule has 0 aromatic heterocycles. The van der Waals surface area contributed by atoms with Crippen LogP contribution in [0.3, 0.4) is 0 Å². The van der Waals surface area contributed by atoms with Crippen LogP contribution in [-0.4, -0.2) is 20.0 Å². The Hall–Kier alpha value is -1.88. The fourth-order valence-electron chi connectivity index (χ4n) is 1.77. The first-order valence-electron chi connectivity index (χ1n) is 5.78. The fourth-order valence-corrected chi connectivity index (χ4v) is 2.14. The van der Waals surface area contributed by atoms with Crippen molar-refractivity contribution in [2.45, 2.75) is 0 Å². The normalized spacial score (nSPS) is 10.2. The zero-order valence-corrected chi connectivity index (χ0v) is 12.5. The van der Waals surface area contributed by atoms with Gasteiger partial charge in [-0.3, -0.25) is 4.79 Å². The van der Waals surface area contributed by atoms with Crippen molar-refractivity contribution in [3.8, 4) is 11.5 Å². The van der Waals surface area contributed by atoms with E-state index in [0.717, 1.165) is 0 Å². The lowest BCUT2D eigenvalue weighted by atomic mass is 10.0. The molecule has 0 bridgehead atoms. The van der Waals surface area contributed by atoms with Crippen molar-refractivity contribution in [3.63, 3.8) is 0 Å². The fraction of sp³-hybridized carbons (Fsp3) is 0.133. The van der Waals surface area contributed by atoms with Gasteiger partial charge >= 0.3 is 0 Å². The van der Waals surface area contributed by atoms with E-state index in [9.17, 15) is 9.18 Å². The van der Waals surface area contributed by atoms with E-state index in [1.165, 1.54) is 26.4 Å². The molecule has 104 valence electrons. The minimum atomic E-state index is -0.584. The van der Waals surface area contributed by atoms with Crippen molar-refractivity contribution < 1.29 is 18.7 Å². The van der Waals surface area contributed by atoms with Crippen molar-refractivity contribution in [2.24, 2.45) is 0 Å². The molecule has 5 heteroatoms. The van der Waals surface area contributed by atoms with Gasteiger partial charge in [0.1, 0.15) is 17.3 Å². The maximum Gasteiger partial charge on any atom is 0.196 e. The molecule has 20 heavy (non-hydrogen) atoms. The number of benzene rings is 2. The molecule has 0 aliphatic rings. The Kier molecular flexibility index (Phi) is 4.39. The summed E-state index contributed by atoms with van der Waals surface area (Å²) in [6.45, 7) is 0. The maximum absolute atomic E-state index is 14.0. The second kappa shape index (κ2) is 6.05. The second-order valence-corrected chi connectivity index (χ2v) is 4.89. The highest BCUT2D eigenvalue weighted by Gasteiger charge is 2.17. The van der Waals surface area contributed by atoms with E-state index >= 15 is 0 Å². The molecular weight excluding hydrogens is 327 g/mol. The predicted molar refractivity (Wildman–Crippen MR) is 77.1 cm³/mol. The average Bonchev–Trinajstić information content (AvgIpc) is 2.48. The van der Waals surface area contributed by atoms with E-state index in [1.807, 2.05) is 0 Å². The highest BCUT2D eigenvalue weighted by atomic mass is 79.9. The Bertz CT molecular complexity index is 633. The summed E-state index contributed by atoms with van der Waals surface area (Å²) in [5.74, 6) is -0.0634. The standard InChI is InChI=1S/C15H12BrFO3/c1-19-10-6-9(7-11(8-10)20-2)15(18)12-4-3-5-13(16)14(12)17/h3-8H,1-2H3. The van der Waals surface area contributed by atoms with Gasteiger partial charge in [0.25, 0.3) is 0 Å². The third-order valence-electron chi connectivity index (χ3n) is 2.81. The van der Waals surface area contributed by atoms with Crippen molar-refractivity contribution in [3.05, 3.63) is 57.8 Å². The zero-order chi connectivity index (χ0) is 14.7. The first kappa shape index (κ1) is 14.5. The topological polar surface area (TPSA) is 35.5 Å². The monoisotopic (exact) mass is 338 g/mol. The van der Waals surface area contributed by atoms with Crippen molar-refractivity contribution in [2.75, 3.05) is 14.2 Å². The molecule has 0 unspecified atom stereocenters. The first-order chi connectivity index (χ1) is 9.56. The molecule has 3 nitrogen and oxygen atoms in total. The van der Waals surface area contributed by atoms with Gasteiger partial charge < -0.3 is 9.47 Å². The van der Waals surface area contributed by atoms with Gasteiger partial charge in [0.05, 0.1) is 24.3 Å². The molecule has 2 aromatic carbocycles. The van der Waals surface area contributed by atoms with Crippen molar-refractivity contribution in [1.82, 2.24) is 0 Å². The predicted octanol–water partition coefficient (Wildman–Crippen LogP) is 3.84. The second-order valence-electron chi connectivity index (χ2n) is 4.03. The molecule has 0 N–H and O–H groups in total. The highest BCUT2D eigenvalue weighted by Crippen LogP contribution is 2.26. The molecule has 2 rings (SSSR count). The zero-order valence-electron chi connectivity index (χ0n) is 10.9. The number of halogens is 2. The molecule has 0 aliphatic carbocycles. The lowest BCUT2D eigenvalue weighted by molar-refractivity contribution is 0.103. The summed E-state index contributed by atoms with van der Waals surface area (Å²) in [4.78, 5) is 12.4. The highest BCUT2D eigenvalue weighted by molar-refractivity contribution is 9.10. The van der Waals surface area contributed by atoms with Gasteiger partial charge in [-0.25, -0.2) is 4.39 Å². The Morgan fingerprint density at radius 3 is 2.25 bits per heavy atom. The minimum Gasteiger partial charge on any atom is -0.497 e. The Balaban J connectivity index is 2.50. The van der Waals surface area contributed by atoms with Gasteiger partial charge in [0.15, 0.2) is 5.78 Å². The van der Waals surface area contributed by atoms with Gasteiger partial charge in [-0.1, -0.05) is 6.07 Å². The summed E-state index contributed by atoms with van der Waals surface area (Å²) in [5.41, 5.74) is 0.299. The van der Waals surface area contributed by atoms with Crippen LogP contribution in [0.2, 0.25) is 0 Å². The van der Waals surface area contributed by atoms with E-state index in [2.05, 4.69) is 15.9 Å². The van der Waals surface area contributed by atoms with E-state index in [0.29, 0.717) is 17.1 Å². The Morgan fingerprint density at radius 2 is 1.70 bits per heavy atom. The van der Waals surface area contributed by atoms with E-state index in [4.69, 9.17) is 9.47 Å². The molecule has 0 amide bonds. The van der Waals surface area contributed by atoms with Gasteiger partial charge in [0, 0.05) is 11.6 Å². The molecule has 0 heterocycles. The minimum absolute atomic E-state index is 0.00492. The summed E-state index contributed by atoms with van der Waals surface area (Å²) in [7, 11) is 2.98. The number of hydrogen-bond acceptors (Lipinski definition) is 3.